The van der Waals surface area contributed by atoms with Crippen molar-refractivity contribution in [2.75, 3.05) is 47.3 Å². The lowest BCUT2D eigenvalue weighted by molar-refractivity contribution is 0.160. The smallest absolute Gasteiger partial charge is 0.0509 e. The van der Waals surface area contributed by atoms with Gasteiger partial charge in [0.05, 0.1) is 6.04 Å². The predicted molar refractivity (Wildman–Crippen MR) is 101 cm³/mol. The quantitative estimate of drug-likeness (QED) is 0.572. The van der Waals surface area contributed by atoms with Gasteiger partial charge in [-0.1, -0.05) is 27.0 Å². The summed E-state index contributed by atoms with van der Waals surface area (Å²) in [7, 11) is 6.45. The maximum absolute atomic E-state index is 4.20. The van der Waals surface area contributed by atoms with Crippen molar-refractivity contribution in [2.45, 2.75) is 39.2 Å². The molecule has 0 bridgehead atoms. The van der Waals surface area contributed by atoms with E-state index < -0.39 is 0 Å². The van der Waals surface area contributed by atoms with Crippen molar-refractivity contribution in [2.24, 2.45) is 11.3 Å². The third kappa shape index (κ3) is 5.85. The van der Waals surface area contributed by atoms with E-state index >= 15 is 0 Å². The minimum absolute atomic E-state index is 0.391. The zero-order valence-electron chi connectivity index (χ0n) is 16.0. The maximum Gasteiger partial charge on any atom is 0.0509 e. The highest BCUT2D eigenvalue weighted by molar-refractivity contribution is 5.04. The first kappa shape index (κ1) is 20.0. The SMILES string of the molecule is C=CNCCC1(CCN(C)C(C(=C)NC)C(C)C)CCN(C)C1. The van der Waals surface area contributed by atoms with Crippen LogP contribution in [0.15, 0.2) is 25.1 Å². The lowest BCUT2D eigenvalue weighted by Crippen LogP contribution is -2.43. The second-order valence-corrected chi connectivity index (χ2v) is 7.59. The van der Waals surface area contributed by atoms with Gasteiger partial charge < -0.3 is 15.5 Å². The summed E-state index contributed by atoms with van der Waals surface area (Å²) in [6, 6.07) is 0.391. The van der Waals surface area contributed by atoms with E-state index in [-0.39, 0.29) is 0 Å². The van der Waals surface area contributed by atoms with Gasteiger partial charge in [-0.05, 0) is 64.0 Å². The van der Waals surface area contributed by atoms with Gasteiger partial charge in [-0.15, -0.1) is 0 Å². The number of likely N-dealkylation sites (N-methyl/N-ethyl adjacent to an activating group) is 2. The third-order valence-electron chi connectivity index (χ3n) is 5.35. The zero-order chi connectivity index (χ0) is 17.5. The van der Waals surface area contributed by atoms with Crippen molar-refractivity contribution in [3.8, 4) is 0 Å². The number of nitrogens with one attached hydrogen (secondary N) is 2. The van der Waals surface area contributed by atoms with Crippen LogP contribution in [0.3, 0.4) is 0 Å². The number of likely N-dealkylation sites (tertiary alicyclic amines) is 1. The van der Waals surface area contributed by atoms with Crippen molar-refractivity contribution in [1.82, 2.24) is 20.4 Å². The lowest BCUT2D eigenvalue weighted by Gasteiger charge is -2.36. The van der Waals surface area contributed by atoms with Crippen LogP contribution >= 0.6 is 0 Å². The molecule has 1 heterocycles. The minimum Gasteiger partial charge on any atom is -0.391 e. The van der Waals surface area contributed by atoms with Crippen molar-refractivity contribution < 1.29 is 0 Å². The largest absolute Gasteiger partial charge is 0.391 e. The molecule has 1 rings (SSSR count). The fraction of sp³-hybridized carbons (Fsp3) is 0.789. The van der Waals surface area contributed by atoms with Gasteiger partial charge in [0.25, 0.3) is 0 Å². The molecule has 4 heteroatoms. The molecule has 23 heavy (non-hydrogen) atoms. The first-order valence-electron chi connectivity index (χ1n) is 8.95. The molecule has 134 valence electrons. The van der Waals surface area contributed by atoms with Crippen molar-refractivity contribution in [3.05, 3.63) is 25.1 Å². The van der Waals surface area contributed by atoms with Crippen LogP contribution in [0, 0.1) is 11.3 Å². The topological polar surface area (TPSA) is 30.5 Å². The normalized spacial score (nSPS) is 23.3. The summed E-state index contributed by atoms with van der Waals surface area (Å²) >= 11 is 0. The van der Waals surface area contributed by atoms with Gasteiger partial charge in [0.2, 0.25) is 0 Å². The van der Waals surface area contributed by atoms with Crippen LogP contribution in [-0.4, -0.2) is 63.2 Å². The Balaban J connectivity index is 2.65. The van der Waals surface area contributed by atoms with Crippen LogP contribution < -0.4 is 10.6 Å². The molecule has 0 amide bonds. The molecule has 0 spiro atoms. The highest BCUT2D eigenvalue weighted by Gasteiger charge is 2.36. The van der Waals surface area contributed by atoms with Crippen LogP contribution in [0.2, 0.25) is 0 Å². The summed E-state index contributed by atoms with van der Waals surface area (Å²) in [5.41, 5.74) is 1.55. The van der Waals surface area contributed by atoms with E-state index in [2.05, 4.69) is 61.5 Å². The van der Waals surface area contributed by atoms with Crippen LogP contribution in [-0.2, 0) is 0 Å². The van der Waals surface area contributed by atoms with Crippen molar-refractivity contribution in [3.63, 3.8) is 0 Å². The summed E-state index contributed by atoms with van der Waals surface area (Å²) < 4.78 is 0. The molecule has 1 saturated heterocycles. The molecule has 0 saturated carbocycles. The molecule has 2 unspecified atom stereocenters. The Morgan fingerprint density at radius 3 is 2.57 bits per heavy atom. The molecule has 1 aliphatic heterocycles. The fourth-order valence-corrected chi connectivity index (χ4v) is 4.01. The first-order chi connectivity index (χ1) is 10.8. The molecule has 0 aromatic carbocycles. The molecule has 0 aromatic heterocycles. The zero-order valence-corrected chi connectivity index (χ0v) is 16.0. The van der Waals surface area contributed by atoms with Gasteiger partial charge in [-0.3, -0.25) is 4.90 Å². The predicted octanol–water partition coefficient (Wildman–Crippen LogP) is 2.51. The Bertz CT molecular complexity index is 380. The van der Waals surface area contributed by atoms with E-state index in [4.69, 9.17) is 0 Å². The molecule has 1 fully saturated rings. The molecule has 0 radical (unpaired) electrons. The standard InChI is InChI=1S/C19H38N4/c1-8-21-12-9-19(10-13-22(6)15-19)11-14-23(7)18(16(2)3)17(4)20-5/h8,16,18,20-21H,1,4,9-15H2,2-3,5-7H3. The Kier molecular flexibility index (Phi) is 8.13. The number of rotatable bonds is 11. The van der Waals surface area contributed by atoms with Crippen LogP contribution in [0.1, 0.15) is 33.1 Å². The van der Waals surface area contributed by atoms with Crippen molar-refractivity contribution in [1.29, 1.82) is 0 Å². The summed E-state index contributed by atoms with van der Waals surface area (Å²) in [6.07, 6.45) is 5.57. The summed E-state index contributed by atoms with van der Waals surface area (Å²) in [4.78, 5) is 4.95. The monoisotopic (exact) mass is 322 g/mol. The van der Waals surface area contributed by atoms with Crippen LogP contribution in [0.4, 0.5) is 0 Å². The Hall–Kier alpha value is -1.00. The van der Waals surface area contributed by atoms with Gasteiger partial charge in [0, 0.05) is 25.8 Å². The molecule has 0 aromatic rings. The number of hydrogen-bond donors (Lipinski definition) is 2. The maximum atomic E-state index is 4.20. The number of nitrogens with zero attached hydrogens (tertiary/aromatic N) is 2. The van der Waals surface area contributed by atoms with Crippen LogP contribution in [0.25, 0.3) is 0 Å². The van der Waals surface area contributed by atoms with Gasteiger partial charge in [-0.2, -0.15) is 0 Å². The molecule has 0 aliphatic carbocycles. The summed E-state index contributed by atoms with van der Waals surface area (Å²) in [6.45, 7) is 17.1. The van der Waals surface area contributed by atoms with E-state index in [1.54, 1.807) is 0 Å². The van der Waals surface area contributed by atoms with Crippen molar-refractivity contribution >= 4 is 0 Å². The van der Waals surface area contributed by atoms with E-state index in [0.717, 1.165) is 18.8 Å². The summed E-state index contributed by atoms with van der Waals surface area (Å²) in [5.74, 6) is 0.560. The van der Waals surface area contributed by atoms with E-state index in [1.165, 1.54) is 32.4 Å². The highest BCUT2D eigenvalue weighted by atomic mass is 15.2. The van der Waals surface area contributed by atoms with E-state index in [0.29, 0.717) is 17.4 Å². The van der Waals surface area contributed by atoms with E-state index in [1.807, 2.05) is 13.2 Å². The fourth-order valence-electron chi connectivity index (χ4n) is 4.01. The third-order valence-corrected chi connectivity index (χ3v) is 5.35. The number of hydrogen-bond acceptors (Lipinski definition) is 4. The molecular formula is C19H38N4. The molecule has 1 aliphatic rings. The Morgan fingerprint density at radius 2 is 2.09 bits per heavy atom. The lowest BCUT2D eigenvalue weighted by atomic mass is 9.80. The highest BCUT2D eigenvalue weighted by Crippen LogP contribution is 2.37. The average Bonchev–Trinajstić information content (AvgIpc) is 2.87. The summed E-state index contributed by atoms with van der Waals surface area (Å²) in [5, 5.41) is 6.53. The van der Waals surface area contributed by atoms with Crippen LogP contribution in [0.5, 0.6) is 0 Å². The second-order valence-electron chi connectivity index (χ2n) is 7.59. The molecule has 2 atom stereocenters. The molecular weight excluding hydrogens is 284 g/mol. The van der Waals surface area contributed by atoms with Gasteiger partial charge >= 0.3 is 0 Å². The molecule has 2 N–H and O–H groups in total. The molecule has 4 nitrogen and oxygen atoms in total. The van der Waals surface area contributed by atoms with E-state index in [9.17, 15) is 0 Å². The second kappa shape index (κ2) is 9.33. The Morgan fingerprint density at radius 1 is 1.39 bits per heavy atom. The first-order valence-corrected chi connectivity index (χ1v) is 8.95. The van der Waals surface area contributed by atoms with Gasteiger partial charge in [-0.25, -0.2) is 0 Å². The van der Waals surface area contributed by atoms with Gasteiger partial charge in [0.15, 0.2) is 0 Å². The Labute approximate surface area is 144 Å². The average molecular weight is 323 g/mol. The minimum atomic E-state index is 0.391. The van der Waals surface area contributed by atoms with Gasteiger partial charge in [0.1, 0.15) is 0 Å².